The molecule has 0 radical (unpaired) electrons. The van der Waals surface area contributed by atoms with E-state index in [0.717, 1.165) is 16.0 Å². The number of nitrogens with zero attached hydrogens (tertiary/aromatic N) is 2. The Balaban J connectivity index is 1.45. The average molecular weight is 575 g/mol. The predicted octanol–water partition coefficient (Wildman–Crippen LogP) is 6.59. The van der Waals surface area contributed by atoms with Gasteiger partial charge in [-0.15, -0.1) is 11.3 Å². The number of carbonyl (C=O) groups is 1. The van der Waals surface area contributed by atoms with Gasteiger partial charge in [-0.3, -0.25) is 14.2 Å². The smallest absolute Gasteiger partial charge is 0.263 e. The minimum atomic E-state index is -0.337. The summed E-state index contributed by atoms with van der Waals surface area (Å²) < 4.78 is 7.68. The summed E-state index contributed by atoms with van der Waals surface area (Å²) in [4.78, 5) is 33.2. The highest BCUT2D eigenvalue weighted by atomic mass is 35.5. The molecule has 4 aromatic rings. The van der Waals surface area contributed by atoms with Crippen LogP contribution in [0.2, 0.25) is 10.0 Å². The van der Waals surface area contributed by atoms with Crippen LogP contribution in [0.15, 0.2) is 58.5 Å². The first-order valence-electron chi connectivity index (χ1n) is 11.8. The summed E-state index contributed by atoms with van der Waals surface area (Å²) in [6, 6.07) is 14.9. The summed E-state index contributed by atoms with van der Waals surface area (Å²) in [6.07, 6.45) is 1.34. The molecule has 0 aliphatic carbocycles. The third-order valence-corrected chi connectivity index (χ3v) is 8.78. The number of halogens is 2. The molecular weight excluding hydrogens is 549 g/mol. The van der Waals surface area contributed by atoms with Crippen molar-refractivity contribution in [2.45, 2.75) is 50.6 Å². The zero-order valence-electron chi connectivity index (χ0n) is 20.3. The van der Waals surface area contributed by atoms with Crippen LogP contribution in [0.5, 0.6) is 0 Å². The molecule has 1 aliphatic heterocycles. The van der Waals surface area contributed by atoms with E-state index in [0.29, 0.717) is 57.1 Å². The van der Waals surface area contributed by atoms with Crippen molar-refractivity contribution in [1.29, 1.82) is 0 Å². The van der Waals surface area contributed by atoms with E-state index >= 15 is 0 Å². The molecule has 192 valence electrons. The van der Waals surface area contributed by atoms with Crippen LogP contribution in [0, 0.1) is 0 Å². The molecule has 0 fully saturated rings. The maximum absolute atomic E-state index is 13.9. The SMILES string of the molecule is CC1(C)Cc2c(sc3nc(SCC(=O)Nc4ccc(Cl)cc4Cl)n(CCc4ccccc4)c(=O)c23)CO1. The molecule has 1 amide bonds. The number of aryl methyl sites for hydroxylation is 1. The van der Waals surface area contributed by atoms with Crippen molar-refractivity contribution < 1.29 is 9.53 Å². The molecule has 0 bridgehead atoms. The molecular formula is C27H25Cl2N3O3S2. The van der Waals surface area contributed by atoms with Gasteiger partial charge in [0.1, 0.15) is 4.83 Å². The molecule has 0 saturated carbocycles. The maximum Gasteiger partial charge on any atom is 0.263 e. The number of aromatic nitrogens is 2. The Morgan fingerprint density at radius 3 is 2.76 bits per heavy atom. The van der Waals surface area contributed by atoms with Gasteiger partial charge in [0.15, 0.2) is 5.16 Å². The minimum absolute atomic E-state index is 0.0696. The molecule has 2 aromatic heterocycles. The van der Waals surface area contributed by atoms with Crippen LogP contribution in [-0.2, 0) is 35.5 Å². The fourth-order valence-corrected chi connectivity index (χ4v) is 6.73. The number of carbonyl (C=O) groups excluding carboxylic acids is 1. The van der Waals surface area contributed by atoms with Crippen LogP contribution in [0.4, 0.5) is 5.69 Å². The number of benzene rings is 2. The number of ether oxygens (including phenoxy) is 1. The number of thiophene rings is 1. The second kappa shape index (κ2) is 10.8. The lowest BCUT2D eigenvalue weighted by Crippen LogP contribution is -2.32. The lowest BCUT2D eigenvalue weighted by atomic mass is 9.94. The van der Waals surface area contributed by atoms with Gasteiger partial charge in [0.05, 0.1) is 34.1 Å². The standard InChI is InChI=1S/C27H25Cl2N3O3S2/c1-27(2)13-18-21(14-35-27)37-24-23(18)25(34)32(11-10-16-6-4-3-5-7-16)26(31-24)36-15-22(33)30-20-9-8-17(28)12-19(20)29/h3-9,12H,10-11,13-15H2,1-2H3,(H,30,33). The number of amides is 1. The van der Waals surface area contributed by atoms with Gasteiger partial charge in [-0.1, -0.05) is 65.3 Å². The first-order valence-corrected chi connectivity index (χ1v) is 14.4. The van der Waals surface area contributed by atoms with E-state index in [1.165, 1.54) is 23.1 Å². The molecule has 0 spiro atoms. The van der Waals surface area contributed by atoms with Gasteiger partial charge in [-0.05, 0) is 49.6 Å². The third kappa shape index (κ3) is 5.89. The first kappa shape index (κ1) is 26.3. The molecule has 5 rings (SSSR count). The quantitative estimate of drug-likeness (QED) is 0.199. The topological polar surface area (TPSA) is 73.2 Å². The molecule has 37 heavy (non-hydrogen) atoms. The molecule has 2 aromatic carbocycles. The molecule has 3 heterocycles. The number of rotatable bonds is 7. The van der Waals surface area contributed by atoms with Gasteiger partial charge in [0.2, 0.25) is 5.91 Å². The van der Waals surface area contributed by atoms with Crippen LogP contribution < -0.4 is 10.9 Å². The summed E-state index contributed by atoms with van der Waals surface area (Å²) in [6.45, 7) is 5.01. The lowest BCUT2D eigenvalue weighted by Gasteiger charge is -2.29. The van der Waals surface area contributed by atoms with Crippen molar-refractivity contribution >= 4 is 68.1 Å². The molecule has 0 unspecified atom stereocenters. The Morgan fingerprint density at radius 1 is 1.22 bits per heavy atom. The van der Waals surface area contributed by atoms with Gasteiger partial charge < -0.3 is 10.1 Å². The molecule has 1 N–H and O–H groups in total. The van der Waals surface area contributed by atoms with E-state index in [-0.39, 0.29) is 22.8 Å². The number of thioether (sulfide) groups is 1. The highest BCUT2D eigenvalue weighted by Gasteiger charge is 2.31. The Labute approximate surface area is 233 Å². The Morgan fingerprint density at radius 2 is 2.00 bits per heavy atom. The lowest BCUT2D eigenvalue weighted by molar-refractivity contribution is -0.113. The minimum Gasteiger partial charge on any atom is -0.370 e. The van der Waals surface area contributed by atoms with Gasteiger partial charge in [0, 0.05) is 22.9 Å². The summed E-state index contributed by atoms with van der Waals surface area (Å²) in [5, 5.41) is 4.85. The van der Waals surface area contributed by atoms with E-state index in [9.17, 15) is 9.59 Å². The molecule has 1 aliphatic rings. The Kier molecular flexibility index (Phi) is 7.65. The van der Waals surface area contributed by atoms with Crippen molar-refractivity contribution in [3.63, 3.8) is 0 Å². The van der Waals surface area contributed by atoms with E-state index < -0.39 is 0 Å². The van der Waals surface area contributed by atoms with Crippen molar-refractivity contribution in [2.75, 3.05) is 11.1 Å². The van der Waals surface area contributed by atoms with E-state index in [2.05, 4.69) is 5.32 Å². The predicted molar refractivity (Wildman–Crippen MR) is 152 cm³/mol. The number of hydrogen-bond acceptors (Lipinski definition) is 6. The van der Waals surface area contributed by atoms with Gasteiger partial charge >= 0.3 is 0 Å². The molecule has 0 saturated heterocycles. The van der Waals surface area contributed by atoms with Crippen LogP contribution >= 0.6 is 46.3 Å². The van der Waals surface area contributed by atoms with E-state index in [1.54, 1.807) is 22.8 Å². The van der Waals surface area contributed by atoms with Crippen LogP contribution in [-0.4, -0.2) is 26.8 Å². The number of anilines is 1. The van der Waals surface area contributed by atoms with E-state index in [4.69, 9.17) is 32.9 Å². The highest BCUT2D eigenvalue weighted by molar-refractivity contribution is 7.99. The molecule has 10 heteroatoms. The Bertz CT molecular complexity index is 1530. The third-order valence-electron chi connectivity index (χ3n) is 6.16. The monoisotopic (exact) mass is 573 g/mol. The van der Waals surface area contributed by atoms with Crippen molar-refractivity contribution in [1.82, 2.24) is 9.55 Å². The second-order valence-electron chi connectivity index (χ2n) is 9.46. The molecule has 6 nitrogen and oxygen atoms in total. The van der Waals surface area contributed by atoms with Crippen LogP contribution in [0.3, 0.4) is 0 Å². The summed E-state index contributed by atoms with van der Waals surface area (Å²) in [5.41, 5.74) is 2.24. The van der Waals surface area contributed by atoms with Crippen molar-refractivity contribution in [3.8, 4) is 0 Å². The van der Waals surface area contributed by atoms with E-state index in [1.807, 2.05) is 44.2 Å². The largest absolute Gasteiger partial charge is 0.370 e. The second-order valence-corrected chi connectivity index (χ2v) is 12.3. The number of nitrogens with one attached hydrogen (secondary N) is 1. The summed E-state index contributed by atoms with van der Waals surface area (Å²) in [7, 11) is 0. The van der Waals surface area contributed by atoms with Gasteiger partial charge in [-0.2, -0.15) is 0 Å². The summed E-state index contributed by atoms with van der Waals surface area (Å²) in [5.74, 6) is -0.178. The maximum atomic E-state index is 13.9. The van der Waals surface area contributed by atoms with Gasteiger partial charge in [0.25, 0.3) is 5.56 Å². The number of hydrogen-bond donors (Lipinski definition) is 1. The zero-order valence-corrected chi connectivity index (χ0v) is 23.5. The highest BCUT2D eigenvalue weighted by Crippen LogP contribution is 2.37. The number of fused-ring (bicyclic) bond motifs is 3. The Hall–Kier alpha value is -2.36. The van der Waals surface area contributed by atoms with Crippen LogP contribution in [0.1, 0.15) is 29.9 Å². The normalized spacial score (nSPS) is 14.5. The summed E-state index contributed by atoms with van der Waals surface area (Å²) >= 11 is 14.9. The zero-order chi connectivity index (χ0) is 26.2. The fourth-order valence-electron chi connectivity index (χ4n) is 4.31. The van der Waals surface area contributed by atoms with Gasteiger partial charge in [-0.25, -0.2) is 4.98 Å². The first-order chi connectivity index (χ1) is 17.7. The molecule has 0 atom stereocenters. The fraction of sp³-hybridized carbons (Fsp3) is 0.296. The van der Waals surface area contributed by atoms with Crippen molar-refractivity contribution in [3.05, 3.63) is 84.9 Å². The van der Waals surface area contributed by atoms with Crippen molar-refractivity contribution in [2.24, 2.45) is 0 Å². The average Bonchev–Trinajstić information content (AvgIpc) is 3.21. The van der Waals surface area contributed by atoms with Crippen LogP contribution in [0.25, 0.3) is 10.2 Å².